The summed E-state index contributed by atoms with van der Waals surface area (Å²) in [7, 11) is 1.95. The third-order valence-corrected chi connectivity index (χ3v) is 6.83. The molecule has 0 saturated carbocycles. The molecule has 2 fully saturated rings. The van der Waals surface area contributed by atoms with Crippen LogP contribution < -0.4 is 5.32 Å². The van der Waals surface area contributed by atoms with Crippen LogP contribution in [0, 0.1) is 5.82 Å². The number of aromatic nitrogens is 3. The number of nitrogens with one attached hydrogen (secondary N) is 1. The number of amides is 2. The average Bonchev–Trinajstić information content (AvgIpc) is 3.19. The molecular formula is C24H26FN5O2. The Balaban J connectivity index is 1.34. The SMILES string of the molecule is Cn1nccc1CN1CCC(c2ccc3ncc(C4CCC(=O)NC4=O)cc3c2F)CC1. The van der Waals surface area contributed by atoms with E-state index in [1.165, 1.54) is 5.69 Å². The fraction of sp³-hybridized carbons (Fsp3) is 0.417. The van der Waals surface area contributed by atoms with Gasteiger partial charge >= 0.3 is 0 Å². The molecule has 0 radical (unpaired) electrons. The third kappa shape index (κ3) is 3.90. The lowest BCUT2D eigenvalue weighted by molar-refractivity contribution is -0.134. The number of aryl methyl sites for hydroxylation is 1. The van der Waals surface area contributed by atoms with Gasteiger partial charge in [0.1, 0.15) is 5.82 Å². The predicted octanol–water partition coefficient (Wildman–Crippen LogP) is 3.01. The minimum Gasteiger partial charge on any atom is -0.297 e. The summed E-state index contributed by atoms with van der Waals surface area (Å²) in [5.41, 5.74) is 3.13. The molecule has 2 aliphatic heterocycles. The second-order valence-electron chi connectivity index (χ2n) is 8.80. The van der Waals surface area contributed by atoms with Crippen LogP contribution >= 0.6 is 0 Å². The number of benzene rings is 1. The summed E-state index contributed by atoms with van der Waals surface area (Å²) in [6.45, 7) is 2.66. The molecule has 32 heavy (non-hydrogen) atoms. The molecule has 2 saturated heterocycles. The molecule has 2 aliphatic rings. The largest absolute Gasteiger partial charge is 0.297 e. The van der Waals surface area contributed by atoms with E-state index < -0.39 is 5.92 Å². The molecule has 7 nitrogen and oxygen atoms in total. The first-order chi connectivity index (χ1) is 15.5. The van der Waals surface area contributed by atoms with Gasteiger partial charge in [0.05, 0.1) is 17.1 Å². The molecule has 1 N–H and O–H groups in total. The zero-order valence-electron chi connectivity index (χ0n) is 18.1. The molecule has 0 spiro atoms. The van der Waals surface area contributed by atoms with Crippen molar-refractivity contribution >= 4 is 22.7 Å². The maximum atomic E-state index is 15.6. The Kier molecular flexibility index (Phi) is 5.46. The molecule has 1 aromatic carbocycles. The Labute approximate surface area is 185 Å². The molecule has 1 atom stereocenters. The van der Waals surface area contributed by atoms with Gasteiger partial charge in [-0.25, -0.2) is 4.39 Å². The number of carbonyl (C=O) groups is 2. The van der Waals surface area contributed by atoms with Crippen LogP contribution in [0.25, 0.3) is 10.9 Å². The van der Waals surface area contributed by atoms with Crippen LogP contribution in [0.2, 0.25) is 0 Å². The standard InChI is InChI=1S/C24H26FN5O2/c1-29-17(6-9-27-29)14-30-10-7-15(8-11-30)18-2-4-21-20(23(18)25)12-16(13-26-21)19-3-5-22(31)28-24(19)32/h2,4,6,9,12-13,15,19H,3,5,7-8,10-11,14H2,1H3,(H,28,31,32). The number of piperidine rings is 2. The van der Waals surface area contributed by atoms with Gasteiger partial charge in [0.25, 0.3) is 0 Å². The third-order valence-electron chi connectivity index (χ3n) is 6.83. The van der Waals surface area contributed by atoms with Gasteiger partial charge in [-0.05, 0) is 67.6 Å². The first kappa shape index (κ1) is 20.8. The number of imide groups is 1. The van der Waals surface area contributed by atoms with Gasteiger partial charge in [-0.15, -0.1) is 0 Å². The monoisotopic (exact) mass is 435 g/mol. The van der Waals surface area contributed by atoms with Crippen molar-refractivity contribution in [3.05, 3.63) is 59.3 Å². The highest BCUT2D eigenvalue weighted by molar-refractivity contribution is 6.01. The lowest BCUT2D eigenvalue weighted by Crippen LogP contribution is -2.39. The fourth-order valence-electron chi connectivity index (χ4n) is 4.90. The molecule has 166 valence electrons. The van der Waals surface area contributed by atoms with E-state index in [0.29, 0.717) is 22.9 Å². The summed E-state index contributed by atoms with van der Waals surface area (Å²) < 4.78 is 17.5. The Morgan fingerprint density at radius 1 is 1.16 bits per heavy atom. The van der Waals surface area contributed by atoms with Gasteiger partial charge in [-0.1, -0.05) is 6.07 Å². The molecule has 1 unspecified atom stereocenters. The number of rotatable bonds is 4. The maximum absolute atomic E-state index is 15.6. The molecule has 0 aliphatic carbocycles. The van der Waals surface area contributed by atoms with Crippen molar-refractivity contribution in [3.8, 4) is 0 Å². The summed E-state index contributed by atoms with van der Waals surface area (Å²) in [5, 5.41) is 7.04. The zero-order valence-corrected chi connectivity index (χ0v) is 18.1. The van der Waals surface area contributed by atoms with E-state index in [1.807, 2.05) is 36.1 Å². The van der Waals surface area contributed by atoms with Crippen molar-refractivity contribution in [1.82, 2.24) is 25.0 Å². The second-order valence-corrected chi connectivity index (χ2v) is 8.80. The molecule has 2 amide bonds. The van der Waals surface area contributed by atoms with Gasteiger partial charge in [0, 0.05) is 37.8 Å². The number of pyridine rings is 1. The Morgan fingerprint density at radius 3 is 2.69 bits per heavy atom. The minimum absolute atomic E-state index is 0.154. The summed E-state index contributed by atoms with van der Waals surface area (Å²) in [5.74, 6) is -1.15. The van der Waals surface area contributed by atoms with Gasteiger partial charge < -0.3 is 0 Å². The molecule has 0 bridgehead atoms. The molecule has 8 heteroatoms. The minimum atomic E-state index is -0.470. The van der Waals surface area contributed by atoms with E-state index >= 15 is 4.39 Å². The molecule has 2 aromatic heterocycles. The topological polar surface area (TPSA) is 80.1 Å². The van der Waals surface area contributed by atoms with Crippen LogP contribution in [0.5, 0.6) is 0 Å². The van der Waals surface area contributed by atoms with Crippen molar-refractivity contribution < 1.29 is 14.0 Å². The predicted molar refractivity (Wildman–Crippen MR) is 117 cm³/mol. The van der Waals surface area contributed by atoms with Crippen molar-refractivity contribution in [2.24, 2.45) is 7.05 Å². The summed E-state index contributed by atoms with van der Waals surface area (Å²) in [6, 6.07) is 7.49. The Bertz CT molecular complexity index is 1180. The van der Waals surface area contributed by atoms with E-state index in [-0.39, 0.29) is 30.0 Å². The van der Waals surface area contributed by atoms with Crippen LogP contribution in [0.4, 0.5) is 4.39 Å². The highest BCUT2D eigenvalue weighted by Gasteiger charge is 2.29. The van der Waals surface area contributed by atoms with Gasteiger partial charge in [-0.3, -0.25) is 29.5 Å². The van der Waals surface area contributed by atoms with E-state index in [4.69, 9.17) is 0 Å². The number of hydrogen-bond donors (Lipinski definition) is 1. The van der Waals surface area contributed by atoms with E-state index in [9.17, 15) is 9.59 Å². The van der Waals surface area contributed by atoms with Gasteiger partial charge in [0.15, 0.2) is 0 Å². The van der Waals surface area contributed by atoms with Gasteiger partial charge in [-0.2, -0.15) is 5.10 Å². The highest BCUT2D eigenvalue weighted by Crippen LogP contribution is 2.34. The lowest BCUT2D eigenvalue weighted by atomic mass is 9.87. The summed E-state index contributed by atoms with van der Waals surface area (Å²) in [6.07, 6.45) is 5.92. The smallest absolute Gasteiger partial charge is 0.234 e. The molecular weight excluding hydrogens is 409 g/mol. The summed E-state index contributed by atoms with van der Waals surface area (Å²) in [4.78, 5) is 30.5. The van der Waals surface area contributed by atoms with Crippen LogP contribution in [0.3, 0.4) is 0 Å². The highest BCUT2D eigenvalue weighted by atomic mass is 19.1. The number of fused-ring (bicyclic) bond motifs is 1. The number of carbonyl (C=O) groups excluding carboxylic acids is 2. The number of hydrogen-bond acceptors (Lipinski definition) is 5. The first-order valence-electron chi connectivity index (χ1n) is 11.1. The second kappa shape index (κ2) is 8.43. The van der Waals surface area contributed by atoms with Gasteiger partial charge in [0.2, 0.25) is 11.8 Å². The lowest BCUT2D eigenvalue weighted by Gasteiger charge is -2.32. The number of nitrogens with zero attached hydrogens (tertiary/aromatic N) is 4. The molecule has 5 rings (SSSR count). The first-order valence-corrected chi connectivity index (χ1v) is 11.1. The zero-order chi connectivity index (χ0) is 22.2. The Hall–Kier alpha value is -3.13. The normalized spacial score (nSPS) is 20.6. The molecule has 3 aromatic rings. The molecule has 4 heterocycles. The fourth-order valence-corrected chi connectivity index (χ4v) is 4.90. The quantitative estimate of drug-likeness (QED) is 0.638. The van der Waals surface area contributed by atoms with Crippen molar-refractivity contribution in [2.45, 2.75) is 44.1 Å². The van der Waals surface area contributed by atoms with Crippen molar-refractivity contribution in [1.29, 1.82) is 0 Å². The summed E-state index contributed by atoms with van der Waals surface area (Å²) >= 11 is 0. The van der Waals surface area contributed by atoms with E-state index in [2.05, 4.69) is 20.3 Å². The van der Waals surface area contributed by atoms with Crippen molar-refractivity contribution in [3.63, 3.8) is 0 Å². The van der Waals surface area contributed by atoms with Crippen molar-refractivity contribution in [2.75, 3.05) is 13.1 Å². The van der Waals surface area contributed by atoms with Crippen LogP contribution in [-0.2, 0) is 23.2 Å². The van der Waals surface area contributed by atoms with Crippen LogP contribution in [0.15, 0.2) is 36.7 Å². The van der Waals surface area contributed by atoms with Crippen LogP contribution in [-0.4, -0.2) is 44.6 Å². The Morgan fingerprint density at radius 2 is 1.97 bits per heavy atom. The number of halogens is 1. The maximum Gasteiger partial charge on any atom is 0.234 e. The van der Waals surface area contributed by atoms with E-state index in [0.717, 1.165) is 38.0 Å². The number of likely N-dealkylation sites (tertiary alicyclic amines) is 1. The van der Waals surface area contributed by atoms with E-state index in [1.54, 1.807) is 12.3 Å². The average molecular weight is 436 g/mol. The van der Waals surface area contributed by atoms with Crippen LogP contribution in [0.1, 0.15) is 54.3 Å².